The molecule has 1 saturated carbocycles. The zero-order valence-electron chi connectivity index (χ0n) is 11.1. The van der Waals surface area contributed by atoms with Gasteiger partial charge < -0.3 is 21.5 Å². The minimum absolute atomic E-state index is 0.409. The molecule has 20 heavy (non-hydrogen) atoms. The first kappa shape index (κ1) is 15.9. The Morgan fingerprint density at radius 3 is 1.80 bits per heavy atom. The average Bonchev–Trinajstić information content (AvgIpc) is 2.36. The maximum atomic E-state index is 12.3. The summed E-state index contributed by atoms with van der Waals surface area (Å²) in [5.41, 5.74) is 10.1. The van der Waals surface area contributed by atoms with E-state index in [0.717, 1.165) is 17.7 Å². The van der Waals surface area contributed by atoms with Crippen molar-refractivity contribution in [3.8, 4) is 0 Å². The predicted octanol–water partition coefficient (Wildman–Crippen LogP) is -1.32. The summed E-state index contributed by atoms with van der Waals surface area (Å²) >= 11 is 0. The molecule has 2 unspecified atom stereocenters. The van der Waals surface area contributed by atoms with E-state index in [1.807, 2.05) is 0 Å². The van der Waals surface area contributed by atoms with Crippen LogP contribution >= 0.6 is 0 Å². The fourth-order valence-electron chi connectivity index (χ4n) is 2.54. The highest BCUT2D eigenvalue weighted by Crippen LogP contribution is 2.31. The largest absolute Gasteiger partial charge is 0.481 e. The zero-order chi connectivity index (χ0) is 15.3. The van der Waals surface area contributed by atoms with Gasteiger partial charge in [-0.2, -0.15) is 0 Å². The first-order valence-corrected chi connectivity index (χ1v) is 6.41. The Balaban J connectivity index is 2.87. The summed E-state index contributed by atoms with van der Waals surface area (Å²) in [6.07, 6.45) is 2.31. The first-order chi connectivity index (χ1) is 9.32. The van der Waals surface area contributed by atoms with Gasteiger partial charge in [0.1, 0.15) is 0 Å². The molecule has 8 heteroatoms. The van der Waals surface area contributed by atoms with Crippen LogP contribution in [0.2, 0.25) is 0 Å². The Bertz CT molecular complexity index is 407. The van der Waals surface area contributed by atoms with Crippen LogP contribution in [0, 0.1) is 11.8 Å². The Hall–Kier alpha value is -2.12. The van der Waals surface area contributed by atoms with Crippen LogP contribution in [0.25, 0.3) is 0 Å². The van der Waals surface area contributed by atoms with Gasteiger partial charge in [0, 0.05) is 0 Å². The van der Waals surface area contributed by atoms with Crippen molar-refractivity contribution in [1.29, 1.82) is 0 Å². The van der Waals surface area contributed by atoms with Crippen molar-refractivity contribution >= 4 is 23.7 Å². The van der Waals surface area contributed by atoms with Crippen molar-refractivity contribution in [3.63, 3.8) is 0 Å². The highest BCUT2D eigenvalue weighted by Gasteiger charge is 2.38. The molecule has 5 N–H and O–H groups in total. The van der Waals surface area contributed by atoms with Gasteiger partial charge in [0.2, 0.25) is 17.7 Å². The molecule has 1 aliphatic rings. The number of carbonyl (C=O) groups excluding carboxylic acids is 3. The monoisotopic (exact) mass is 285 g/mol. The van der Waals surface area contributed by atoms with Crippen LogP contribution in [0.4, 0.5) is 0 Å². The molecule has 0 heterocycles. The summed E-state index contributed by atoms with van der Waals surface area (Å²) in [6, 6.07) is 0. The number of carboxylic acid groups (broad SMARTS) is 1. The lowest BCUT2D eigenvalue weighted by atomic mass is 9.78. The molecule has 1 rings (SSSR count). The number of aliphatic carboxylic acids is 1. The van der Waals surface area contributed by atoms with Crippen LogP contribution in [0.5, 0.6) is 0 Å². The molecule has 0 aromatic heterocycles. The van der Waals surface area contributed by atoms with Crippen molar-refractivity contribution in [2.45, 2.75) is 25.7 Å². The molecule has 0 bridgehead atoms. The SMILES string of the molecule is NC(=O)CN(CC(N)=O)C(=O)C1CCCCC1C(=O)O. The molecule has 0 aromatic rings. The molecule has 2 atom stereocenters. The summed E-state index contributed by atoms with van der Waals surface area (Å²) in [6.45, 7) is -0.880. The van der Waals surface area contributed by atoms with E-state index in [1.165, 1.54) is 0 Å². The summed E-state index contributed by atoms with van der Waals surface area (Å²) in [5, 5.41) is 9.15. The van der Waals surface area contributed by atoms with E-state index in [9.17, 15) is 19.2 Å². The molecule has 0 radical (unpaired) electrons. The lowest BCUT2D eigenvalue weighted by molar-refractivity contribution is -0.153. The second-order valence-corrected chi connectivity index (χ2v) is 4.96. The van der Waals surface area contributed by atoms with Crippen molar-refractivity contribution in [2.75, 3.05) is 13.1 Å². The van der Waals surface area contributed by atoms with Gasteiger partial charge in [0.05, 0.1) is 24.9 Å². The third-order valence-corrected chi connectivity index (χ3v) is 3.41. The van der Waals surface area contributed by atoms with Gasteiger partial charge in [-0.15, -0.1) is 0 Å². The van der Waals surface area contributed by atoms with E-state index >= 15 is 0 Å². The molecule has 1 aliphatic carbocycles. The minimum atomic E-state index is -1.04. The maximum Gasteiger partial charge on any atom is 0.307 e. The van der Waals surface area contributed by atoms with Gasteiger partial charge in [-0.3, -0.25) is 19.2 Å². The summed E-state index contributed by atoms with van der Waals surface area (Å²) in [5.74, 6) is -4.67. The third-order valence-electron chi connectivity index (χ3n) is 3.41. The number of carbonyl (C=O) groups is 4. The van der Waals surface area contributed by atoms with Crippen molar-refractivity contribution in [1.82, 2.24) is 4.90 Å². The number of amides is 3. The fourth-order valence-corrected chi connectivity index (χ4v) is 2.54. The Morgan fingerprint density at radius 1 is 0.950 bits per heavy atom. The van der Waals surface area contributed by atoms with E-state index < -0.39 is 48.6 Å². The number of nitrogens with zero attached hydrogens (tertiary/aromatic N) is 1. The molecule has 112 valence electrons. The lowest BCUT2D eigenvalue weighted by Crippen LogP contribution is -2.48. The van der Waals surface area contributed by atoms with E-state index in [1.54, 1.807) is 0 Å². The Morgan fingerprint density at radius 2 is 1.40 bits per heavy atom. The quantitative estimate of drug-likeness (QED) is 0.554. The molecular formula is C12H19N3O5. The molecule has 1 fully saturated rings. The smallest absolute Gasteiger partial charge is 0.307 e. The van der Waals surface area contributed by atoms with Crippen LogP contribution in [0.3, 0.4) is 0 Å². The van der Waals surface area contributed by atoms with E-state index in [2.05, 4.69) is 0 Å². The van der Waals surface area contributed by atoms with Crippen molar-refractivity contribution in [2.24, 2.45) is 23.3 Å². The molecule has 3 amide bonds. The summed E-state index contributed by atoms with van der Waals surface area (Å²) in [4.78, 5) is 46.4. The fraction of sp³-hybridized carbons (Fsp3) is 0.667. The predicted molar refractivity (Wildman–Crippen MR) is 68.1 cm³/mol. The number of hydrogen-bond acceptors (Lipinski definition) is 4. The summed E-state index contributed by atoms with van der Waals surface area (Å²) < 4.78 is 0. The van der Waals surface area contributed by atoms with Gasteiger partial charge in [-0.1, -0.05) is 12.8 Å². The minimum Gasteiger partial charge on any atom is -0.481 e. The van der Waals surface area contributed by atoms with Crippen LogP contribution in [-0.4, -0.2) is 46.8 Å². The average molecular weight is 285 g/mol. The normalized spacial score (nSPS) is 22.0. The number of primary amides is 2. The van der Waals surface area contributed by atoms with Gasteiger partial charge in [0.15, 0.2) is 0 Å². The van der Waals surface area contributed by atoms with E-state index in [-0.39, 0.29) is 0 Å². The lowest BCUT2D eigenvalue weighted by Gasteiger charge is -2.31. The second kappa shape index (κ2) is 6.88. The molecule has 0 aromatic carbocycles. The third kappa shape index (κ3) is 4.22. The zero-order valence-corrected chi connectivity index (χ0v) is 11.1. The van der Waals surface area contributed by atoms with Gasteiger partial charge in [-0.05, 0) is 12.8 Å². The van der Waals surface area contributed by atoms with E-state index in [4.69, 9.17) is 16.6 Å². The molecule has 8 nitrogen and oxygen atoms in total. The van der Waals surface area contributed by atoms with Crippen LogP contribution < -0.4 is 11.5 Å². The number of carboxylic acids is 1. The van der Waals surface area contributed by atoms with Gasteiger partial charge in [-0.25, -0.2) is 0 Å². The molecular weight excluding hydrogens is 266 g/mol. The highest BCUT2D eigenvalue weighted by molar-refractivity contribution is 5.91. The molecule has 0 spiro atoms. The number of hydrogen-bond donors (Lipinski definition) is 3. The van der Waals surface area contributed by atoms with Crippen molar-refractivity contribution in [3.05, 3.63) is 0 Å². The topological polar surface area (TPSA) is 144 Å². The Labute approximate surface area is 116 Å². The van der Waals surface area contributed by atoms with Crippen LogP contribution in [-0.2, 0) is 19.2 Å². The van der Waals surface area contributed by atoms with Crippen LogP contribution in [0.15, 0.2) is 0 Å². The van der Waals surface area contributed by atoms with Gasteiger partial charge >= 0.3 is 5.97 Å². The van der Waals surface area contributed by atoms with Gasteiger partial charge in [0.25, 0.3) is 0 Å². The highest BCUT2D eigenvalue weighted by atomic mass is 16.4. The first-order valence-electron chi connectivity index (χ1n) is 6.41. The van der Waals surface area contributed by atoms with Crippen LogP contribution in [0.1, 0.15) is 25.7 Å². The molecule has 0 aliphatic heterocycles. The van der Waals surface area contributed by atoms with Crippen molar-refractivity contribution < 1.29 is 24.3 Å². The van der Waals surface area contributed by atoms with E-state index in [0.29, 0.717) is 12.8 Å². The number of rotatable bonds is 6. The Kier molecular flexibility index (Phi) is 5.48. The molecule has 0 saturated heterocycles. The second-order valence-electron chi connectivity index (χ2n) is 4.96. The maximum absolute atomic E-state index is 12.3. The standard InChI is InChI=1S/C12H19N3O5/c13-9(16)5-15(6-10(14)17)11(18)7-3-1-2-4-8(7)12(19)20/h7-8H,1-6H2,(H2,13,16)(H2,14,17)(H,19,20). The summed E-state index contributed by atoms with van der Waals surface area (Å²) in [7, 11) is 0. The number of nitrogens with two attached hydrogens (primary N) is 2.